The molecule has 3 rings (SSSR count). The average molecular weight is 259 g/mol. The summed E-state index contributed by atoms with van der Waals surface area (Å²) in [6.45, 7) is 6.73. The van der Waals surface area contributed by atoms with Crippen LogP contribution in [0, 0.1) is 0 Å². The van der Waals surface area contributed by atoms with Gasteiger partial charge in [0.25, 0.3) is 0 Å². The molecule has 2 aromatic heterocycles. The van der Waals surface area contributed by atoms with Gasteiger partial charge in [0.1, 0.15) is 5.82 Å². The van der Waals surface area contributed by atoms with Gasteiger partial charge in [-0.25, -0.2) is 4.98 Å². The molecule has 1 unspecified atom stereocenters. The molecule has 1 atom stereocenters. The number of hydrogen-bond acceptors (Lipinski definition) is 3. The molecule has 0 aliphatic carbocycles. The minimum absolute atomic E-state index is 0.532. The number of nitrogens with zero attached hydrogens (tertiary/aromatic N) is 2. The number of H-pyrrole nitrogens is 2. The van der Waals surface area contributed by atoms with E-state index in [1.165, 1.54) is 0 Å². The maximum absolute atomic E-state index is 4.49. The molecule has 5 nitrogen and oxygen atoms in total. The Balaban J connectivity index is 1.63. The third-order valence-electron chi connectivity index (χ3n) is 3.78. The van der Waals surface area contributed by atoms with Crippen molar-refractivity contribution in [2.24, 2.45) is 0 Å². The topological polar surface area (TPSA) is 59.7 Å². The summed E-state index contributed by atoms with van der Waals surface area (Å²) in [6.07, 6.45) is 4.81. The van der Waals surface area contributed by atoms with Crippen LogP contribution in [0.2, 0.25) is 0 Å². The molecule has 1 aliphatic heterocycles. The summed E-state index contributed by atoms with van der Waals surface area (Å²) in [6, 6.07) is 4.58. The molecule has 1 aliphatic rings. The van der Waals surface area contributed by atoms with E-state index in [0.29, 0.717) is 6.04 Å². The zero-order valence-electron chi connectivity index (χ0n) is 11.3. The lowest BCUT2D eigenvalue weighted by Gasteiger charge is -2.32. The molecule has 0 aromatic carbocycles. The number of aromatic nitrogens is 3. The third-order valence-corrected chi connectivity index (χ3v) is 3.78. The molecule has 1 saturated heterocycles. The molecule has 0 radical (unpaired) electrons. The fraction of sp³-hybridized carbons (Fsp3) is 0.500. The van der Waals surface area contributed by atoms with Crippen molar-refractivity contribution in [1.29, 1.82) is 0 Å². The quantitative estimate of drug-likeness (QED) is 0.774. The Labute approximate surface area is 113 Å². The minimum Gasteiger partial charge on any atom is -0.360 e. The highest BCUT2D eigenvalue weighted by atomic mass is 15.2. The van der Waals surface area contributed by atoms with Crippen molar-refractivity contribution in [3.05, 3.63) is 30.4 Å². The Hall–Kier alpha value is -1.59. The minimum atomic E-state index is 0.532. The molecule has 0 amide bonds. The molecule has 0 bridgehead atoms. The van der Waals surface area contributed by atoms with Crippen molar-refractivity contribution >= 4 is 0 Å². The van der Waals surface area contributed by atoms with E-state index in [1.54, 1.807) is 0 Å². The van der Waals surface area contributed by atoms with Crippen LogP contribution in [-0.4, -0.2) is 52.1 Å². The first-order valence-electron chi connectivity index (χ1n) is 6.95. The van der Waals surface area contributed by atoms with E-state index in [0.717, 1.165) is 49.8 Å². The van der Waals surface area contributed by atoms with Gasteiger partial charge in [-0.3, -0.25) is 4.90 Å². The van der Waals surface area contributed by atoms with Gasteiger partial charge in [0.05, 0.1) is 17.6 Å². The Kier molecular flexibility index (Phi) is 3.66. The smallest absolute Gasteiger partial charge is 0.108 e. The summed E-state index contributed by atoms with van der Waals surface area (Å²) in [7, 11) is 0. The maximum atomic E-state index is 4.49. The van der Waals surface area contributed by atoms with Gasteiger partial charge in [-0.05, 0) is 19.1 Å². The Morgan fingerprint density at radius 3 is 2.89 bits per heavy atom. The lowest BCUT2D eigenvalue weighted by molar-refractivity contribution is 0.182. The number of aromatic amines is 2. The van der Waals surface area contributed by atoms with E-state index >= 15 is 0 Å². The first-order chi connectivity index (χ1) is 9.33. The van der Waals surface area contributed by atoms with Gasteiger partial charge in [-0.2, -0.15) is 0 Å². The van der Waals surface area contributed by atoms with Crippen molar-refractivity contribution in [3.8, 4) is 11.4 Å². The second-order valence-corrected chi connectivity index (χ2v) is 5.17. The molecule has 1 fully saturated rings. The zero-order valence-corrected chi connectivity index (χ0v) is 11.3. The van der Waals surface area contributed by atoms with Crippen LogP contribution in [0.5, 0.6) is 0 Å². The molecule has 102 valence electrons. The predicted molar refractivity (Wildman–Crippen MR) is 76.0 cm³/mol. The largest absolute Gasteiger partial charge is 0.360 e. The molecule has 3 heterocycles. The number of hydrogen-bond donors (Lipinski definition) is 3. The first kappa shape index (κ1) is 12.4. The molecule has 2 aromatic rings. The van der Waals surface area contributed by atoms with E-state index in [9.17, 15) is 0 Å². The average Bonchev–Trinajstić information content (AvgIpc) is 3.10. The highest BCUT2D eigenvalue weighted by molar-refractivity contribution is 5.53. The maximum Gasteiger partial charge on any atom is 0.108 e. The van der Waals surface area contributed by atoms with Gasteiger partial charge in [-0.1, -0.05) is 0 Å². The molecule has 0 saturated carbocycles. The lowest BCUT2D eigenvalue weighted by Crippen LogP contribution is -2.48. The van der Waals surface area contributed by atoms with Crippen molar-refractivity contribution in [2.45, 2.75) is 19.4 Å². The van der Waals surface area contributed by atoms with Gasteiger partial charge in [0.2, 0.25) is 0 Å². The van der Waals surface area contributed by atoms with E-state index in [4.69, 9.17) is 0 Å². The molecule has 3 N–H and O–H groups in total. The fourth-order valence-corrected chi connectivity index (χ4v) is 2.63. The summed E-state index contributed by atoms with van der Waals surface area (Å²) in [5.41, 5.74) is 2.15. The van der Waals surface area contributed by atoms with E-state index in [-0.39, 0.29) is 0 Å². The molecule has 19 heavy (non-hydrogen) atoms. The number of rotatable bonds is 4. The van der Waals surface area contributed by atoms with E-state index in [1.807, 2.05) is 18.5 Å². The fourth-order valence-electron chi connectivity index (χ4n) is 2.63. The van der Waals surface area contributed by atoms with E-state index in [2.05, 4.69) is 38.2 Å². The second-order valence-electron chi connectivity index (χ2n) is 5.17. The number of piperazine rings is 1. The highest BCUT2D eigenvalue weighted by Crippen LogP contribution is 2.15. The van der Waals surface area contributed by atoms with Gasteiger partial charge in [0, 0.05) is 44.8 Å². The Bertz CT molecular complexity index is 496. The van der Waals surface area contributed by atoms with Crippen LogP contribution in [0.1, 0.15) is 12.7 Å². The van der Waals surface area contributed by atoms with Crippen molar-refractivity contribution in [1.82, 2.24) is 25.2 Å². The zero-order chi connectivity index (χ0) is 13.1. The summed E-state index contributed by atoms with van der Waals surface area (Å²) in [4.78, 5) is 13.6. The SMILES string of the molecule is CC(Cc1ncc(-c2ccc[nH]2)[nH]1)N1CCNCC1. The van der Waals surface area contributed by atoms with Gasteiger partial charge >= 0.3 is 0 Å². The third kappa shape index (κ3) is 2.88. The summed E-state index contributed by atoms with van der Waals surface area (Å²) in [5.74, 6) is 1.07. The van der Waals surface area contributed by atoms with Gasteiger partial charge in [-0.15, -0.1) is 0 Å². The van der Waals surface area contributed by atoms with Crippen LogP contribution in [-0.2, 0) is 6.42 Å². The van der Waals surface area contributed by atoms with Gasteiger partial charge in [0.15, 0.2) is 0 Å². The summed E-state index contributed by atoms with van der Waals surface area (Å²) >= 11 is 0. The van der Waals surface area contributed by atoms with Crippen molar-refractivity contribution in [2.75, 3.05) is 26.2 Å². The van der Waals surface area contributed by atoms with Crippen LogP contribution < -0.4 is 5.32 Å². The van der Waals surface area contributed by atoms with Crippen LogP contribution in [0.15, 0.2) is 24.5 Å². The van der Waals surface area contributed by atoms with Crippen LogP contribution in [0.25, 0.3) is 11.4 Å². The van der Waals surface area contributed by atoms with E-state index < -0.39 is 0 Å². The predicted octanol–water partition coefficient (Wildman–Crippen LogP) is 1.24. The van der Waals surface area contributed by atoms with Gasteiger partial charge < -0.3 is 15.3 Å². The lowest BCUT2D eigenvalue weighted by atomic mass is 10.1. The molecular formula is C14H21N5. The summed E-state index contributed by atoms with van der Waals surface area (Å²) in [5, 5.41) is 3.39. The molecular weight excluding hydrogens is 238 g/mol. The monoisotopic (exact) mass is 259 g/mol. The number of nitrogens with one attached hydrogen (secondary N) is 3. The standard InChI is InChI=1S/C14H21N5/c1-11(19-7-5-15-6-8-19)9-14-17-10-13(18-14)12-3-2-4-16-12/h2-4,10-11,15-16H,5-9H2,1H3,(H,17,18). The van der Waals surface area contributed by atoms with Crippen LogP contribution >= 0.6 is 0 Å². The Morgan fingerprint density at radius 1 is 1.32 bits per heavy atom. The van der Waals surface area contributed by atoms with Crippen molar-refractivity contribution in [3.63, 3.8) is 0 Å². The van der Waals surface area contributed by atoms with Crippen molar-refractivity contribution < 1.29 is 0 Å². The number of imidazole rings is 1. The van der Waals surface area contributed by atoms with Crippen LogP contribution in [0.3, 0.4) is 0 Å². The Morgan fingerprint density at radius 2 is 2.16 bits per heavy atom. The van der Waals surface area contributed by atoms with Crippen LogP contribution in [0.4, 0.5) is 0 Å². The second kappa shape index (κ2) is 5.59. The highest BCUT2D eigenvalue weighted by Gasteiger charge is 2.17. The summed E-state index contributed by atoms with van der Waals surface area (Å²) < 4.78 is 0. The normalized spacial score (nSPS) is 18.6. The first-order valence-corrected chi connectivity index (χ1v) is 6.95. The molecule has 5 heteroatoms. The molecule has 0 spiro atoms.